The molecule has 114 valence electrons. The van der Waals surface area contributed by atoms with E-state index in [2.05, 4.69) is 4.72 Å². The first-order chi connectivity index (χ1) is 9.83. The standard InChI is InChI=1S/C15H19NO3S2/c1-5-19-14-7-6-13(8-10(14)2)16-21(17,18)15-9-11(3)20-12(15)4/h6-9,16H,5H2,1-4H3. The molecular weight excluding hydrogens is 306 g/mol. The number of aryl methyl sites for hydroxylation is 3. The highest BCUT2D eigenvalue weighted by Crippen LogP contribution is 2.28. The van der Waals surface area contributed by atoms with E-state index in [1.807, 2.05) is 27.7 Å². The van der Waals surface area contributed by atoms with Gasteiger partial charge in [-0.25, -0.2) is 8.42 Å². The molecule has 0 aliphatic heterocycles. The first-order valence-electron chi connectivity index (χ1n) is 6.67. The maximum absolute atomic E-state index is 12.4. The van der Waals surface area contributed by atoms with Crippen LogP contribution in [0, 0.1) is 20.8 Å². The second-order valence-corrected chi connectivity index (χ2v) is 7.91. The second kappa shape index (κ2) is 6.07. The topological polar surface area (TPSA) is 55.4 Å². The van der Waals surface area contributed by atoms with Crippen LogP contribution >= 0.6 is 11.3 Å². The maximum Gasteiger partial charge on any atom is 0.262 e. The Kier molecular flexibility index (Phi) is 4.58. The van der Waals surface area contributed by atoms with E-state index < -0.39 is 10.0 Å². The number of thiophene rings is 1. The summed E-state index contributed by atoms with van der Waals surface area (Å²) in [6.07, 6.45) is 0. The van der Waals surface area contributed by atoms with Gasteiger partial charge in [0.2, 0.25) is 0 Å². The maximum atomic E-state index is 12.4. The van der Waals surface area contributed by atoms with Gasteiger partial charge in [0, 0.05) is 15.4 Å². The van der Waals surface area contributed by atoms with Crippen molar-refractivity contribution in [1.82, 2.24) is 0 Å². The quantitative estimate of drug-likeness (QED) is 0.908. The molecule has 1 N–H and O–H groups in total. The number of nitrogens with one attached hydrogen (secondary N) is 1. The summed E-state index contributed by atoms with van der Waals surface area (Å²) < 4.78 is 32.9. The Hall–Kier alpha value is -1.53. The fourth-order valence-electron chi connectivity index (χ4n) is 2.11. The van der Waals surface area contributed by atoms with Crippen molar-refractivity contribution in [3.8, 4) is 5.75 Å². The molecular formula is C15H19NO3S2. The Balaban J connectivity index is 2.29. The Bertz CT molecular complexity index is 748. The summed E-state index contributed by atoms with van der Waals surface area (Å²) in [6.45, 7) is 8.10. The van der Waals surface area contributed by atoms with Crippen LogP contribution in [0.4, 0.5) is 5.69 Å². The third kappa shape index (κ3) is 3.57. The monoisotopic (exact) mass is 325 g/mol. The smallest absolute Gasteiger partial charge is 0.262 e. The lowest BCUT2D eigenvalue weighted by Gasteiger charge is -2.11. The molecule has 0 aliphatic rings. The Morgan fingerprint density at radius 3 is 2.43 bits per heavy atom. The molecule has 0 aliphatic carbocycles. The molecule has 1 aromatic carbocycles. The third-order valence-electron chi connectivity index (χ3n) is 3.01. The van der Waals surface area contributed by atoms with E-state index in [0.717, 1.165) is 21.1 Å². The SMILES string of the molecule is CCOc1ccc(NS(=O)(=O)c2cc(C)sc2C)cc1C. The number of hydrogen-bond acceptors (Lipinski definition) is 4. The van der Waals surface area contributed by atoms with Gasteiger partial charge >= 0.3 is 0 Å². The Labute approximate surface area is 129 Å². The van der Waals surface area contributed by atoms with E-state index in [-0.39, 0.29) is 0 Å². The van der Waals surface area contributed by atoms with E-state index in [1.54, 1.807) is 24.3 Å². The minimum atomic E-state index is -3.55. The van der Waals surface area contributed by atoms with Gasteiger partial charge in [0.05, 0.1) is 6.61 Å². The van der Waals surface area contributed by atoms with Crippen LogP contribution in [0.5, 0.6) is 5.75 Å². The van der Waals surface area contributed by atoms with Gasteiger partial charge in [-0.3, -0.25) is 4.72 Å². The molecule has 2 rings (SSSR count). The fraction of sp³-hybridized carbons (Fsp3) is 0.333. The predicted molar refractivity (Wildman–Crippen MR) is 86.9 cm³/mol. The summed E-state index contributed by atoms with van der Waals surface area (Å²) in [5.41, 5.74) is 1.44. The third-order valence-corrected chi connectivity index (χ3v) is 5.61. The molecule has 6 heteroatoms. The molecule has 0 amide bonds. The van der Waals surface area contributed by atoms with Crippen molar-refractivity contribution in [2.75, 3.05) is 11.3 Å². The van der Waals surface area contributed by atoms with Crippen LogP contribution in [0.1, 0.15) is 22.2 Å². The number of anilines is 1. The molecule has 21 heavy (non-hydrogen) atoms. The lowest BCUT2D eigenvalue weighted by atomic mass is 10.2. The highest BCUT2D eigenvalue weighted by atomic mass is 32.2. The summed E-state index contributed by atoms with van der Waals surface area (Å²) >= 11 is 1.48. The summed E-state index contributed by atoms with van der Waals surface area (Å²) in [7, 11) is -3.55. The van der Waals surface area contributed by atoms with Crippen LogP contribution in [0.2, 0.25) is 0 Å². The molecule has 0 saturated carbocycles. The van der Waals surface area contributed by atoms with Gasteiger partial charge in [-0.15, -0.1) is 11.3 Å². The highest BCUT2D eigenvalue weighted by Gasteiger charge is 2.19. The van der Waals surface area contributed by atoms with Crippen LogP contribution in [-0.2, 0) is 10.0 Å². The van der Waals surface area contributed by atoms with Crippen LogP contribution in [-0.4, -0.2) is 15.0 Å². The molecule has 1 aromatic heterocycles. The summed E-state index contributed by atoms with van der Waals surface area (Å²) in [4.78, 5) is 2.12. The number of sulfonamides is 1. The summed E-state index contributed by atoms with van der Waals surface area (Å²) in [5.74, 6) is 0.767. The van der Waals surface area contributed by atoms with Gasteiger partial charge in [0.15, 0.2) is 0 Å². The minimum Gasteiger partial charge on any atom is -0.494 e. The largest absolute Gasteiger partial charge is 0.494 e. The first-order valence-corrected chi connectivity index (χ1v) is 8.96. The average molecular weight is 325 g/mol. The zero-order valence-electron chi connectivity index (χ0n) is 12.6. The highest BCUT2D eigenvalue weighted by molar-refractivity contribution is 7.93. The molecule has 0 unspecified atom stereocenters. The Morgan fingerprint density at radius 2 is 1.90 bits per heavy atom. The van der Waals surface area contributed by atoms with Crippen molar-refractivity contribution in [3.05, 3.63) is 39.6 Å². The van der Waals surface area contributed by atoms with Gasteiger partial charge in [-0.05, 0) is 57.5 Å². The van der Waals surface area contributed by atoms with Gasteiger partial charge in [0.1, 0.15) is 10.6 Å². The van der Waals surface area contributed by atoms with Gasteiger partial charge in [-0.1, -0.05) is 0 Å². The summed E-state index contributed by atoms with van der Waals surface area (Å²) in [5, 5.41) is 0. The van der Waals surface area contributed by atoms with Crippen LogP contribution in [0.25, 0.3) is 0 Å². The van der Waals surface area contributed by atoms with Crippen LogP contribution in [0.3, 0.4) is 0 Å². The molecule has 4 nitrogen and oxygen atoms in total. The zero-order valence-corrected chi connectivity index (χ0v) is 14.2. The van der Waals surface area contributed by atoms with E-state index >= 15 is 0 Å². The van der Waals surface area contributed by atoms with Crippen LogP contribution in [0.15, 0.2) is 29.2 Å². The molecule has 0 bridgehead atoms. The van der Waals surface area contributed by atoms with E-state index in [9.17, 15) is 8.42 Å². The summed E-state index contributed by atoms with van der Waals surface area (Å²) in [6, 6.07) is 6.97. The van der Waals surface area contributed by atoms with Crippen molar-refractivity contribution in [2.24, 2.45) is 0 Å². The van der Waals surface area contributed by atoms with E-state index in [4.69, 9.17) is 4.74 Å². The van der Waals surface area contributed by atoms with Crippen LogP contribution < -0.4 is 9.46 Å². The van der Waals surface area contributed by atoms with Crippen molar-refractivity contribution in [1.29, 1.82) is 0 Å². The van der Waals surface area contributed by atoms with E-state index in [1.165, 1.54) is 11.3 Å². The molecule has 2 aromatic rings. The fourth-order valence-corrected chi connectivity index (χ4v) is 4.72. The lowest BCUT2D eigenvalue weighted by molar-refractivity contribution is 0.338. The second-order valence-electron chi connectivity index (χ2n) is 4.80. The Morgan fingerprint density at radius 1 is 1.19 bits per heavy atom. The molecule has 0 radical (unpaired) electrons. The molecule has 0 saturated heterocycles. The number of rotatable bonds is 5. The van der Waals surface area contributed by atoms with Crippen molar-refractivity contribution in [2.45, 2.75) is 32.6 Å². The molecule has 0 fully saturated rings. The first kappa shape index (κ1) is 15.9. The molecule has 1 heterocycles. The zero-order chi connectivity index (χ0) is 15.6. The molecule has 0 atom stereocenters. The predicted octanol–water partition coefficient (Wildman–Crippen LogP) is 3.87. The van der Waals surface area contributed by atoms with Gasteiger partial charge < -0.3 is 4.74 Å². The normalized spacial score (nSPS) is 11.4. The number of ether oxygens (including phenoxy) is 1. The average Bonchev–Trinajstić information content (AvgIpc) is 2.72. The number of hydrogen-bond donors (Lipinski definition) is 1. The van der Waals surface area contributed by atoms with Gasteiger partial charge in [0.25, 0.3) is 10.0 Å². The van der Waals surface area contributed by atoms with E-state index in [0.29, 0.717) is 17.2 Å². The number of benzene rings is 1. The van der Waals surface area contributed by atoms with Gasteiger partial charge in [-0.2, -0.15) is 0 Å². The van der Waals surface area contributed by atoms with Crippen molar-refractivity contribution in [3.63, 3.8) is 0 Å². The minimum absolute atomic E-state index is 0.344. The van der Waals surface area contributed by atoms with Crippen molar-refractivity contribution >= 4 is 27.0 Å². The molecule has 0 spiro atoms. The lowest BCUT2D eigenvalue weighted by Crippen LogP contribution is -2.13. The van der Waals surface area contributed by atoms with Crippen molar-refractivity contribution < 1.29 is 13.2 Å².